The summed E-state index contributed by atoms with van der Waals surface area (Å²) in [6.07, 6.45) is 0.174. The van der Waals surface area contributed by atoms with Gasteiger partial charge in [0, 0.05) is 22.1 Å². The van der Waals surface area contributed by atoms with Gasteiger partial charge < -0.3 is 25.4 Å². The second kappa shape index (κ2) is 10.0. The number of aromatic nitrogens is 4. The molecule has 4 rings (SSSR count). The number of phosphoric ester groups is 1. The number of hydrogen-bond acceptors (Lipinski definition) is 10. The fourth-order valence-electron chi connectivity index (χ4n) is 3.21. The number of azide groups is 1. The average molecular weight is 536 g/mol. The van der Waals surface area contributed by atoms with Crippen LogP contribution in [-0.2, 0) is 24.6 Å². The number of fused-ring (bicyclic) bond motifs is 1. The Labute approximate surface area is 203 Å². The molecular weight excluding hydrogens is 519 g/mol. The molecule has 0 saturated carbocycles. The lowest BCUT2D eigenvalue weighted by Crippen LogP contribution is -2.21. The van der Waals surface area contributed by atoms with Gasteiger partial charge in [0.05, 0.1) is 6.61 Å². The zero-order valence-corrected chi connectivity index (χ0v) is 19.6. The van der Waals surface area contributed by atoms with Gasteiger partial charge >= 0.3 is 7.82 Å². The highest BCUT2D eigenvalue weighted by molar-refractivity contribution is 7.88. The highest BCUT2D eigenvalue weighted by Crippen LogP contribution is 2.38. The van der Waals surface area contributed by atoms with Crippen LogP contribution in [0.1, 0.15) is 11.8 Å². The van der Waals surface area contributed by atoms with E-state index < -0.39 is 48.9 Å². The molecule has 0 bridgehead atoms. The number of nitrogen functional groups attached to an aromatic ring is 1. The number of anilines is 1. The van der Waals surface area contributed by atoms with Crippen molar-refractivity contribution in [3.8, 4) is 0 Å². The highest BCUT2D eigenvalue weighted by Gasteiger charge is 2.34. The second-order valence-electron chi connectivity index (χ2n) is 7.16. The summed E-state index contributed by atoms with van der Waals surface area (Å²) in [4.78, 5) is 43.4. The van der Waals surface area contributed by atoms with Crippen molar-refractivity contribution in [1.29, 1.82) is 0 Å². The number of nitrogens with zero attached hydrogens (tertiary/aromatic N) is 6. The molecule has 188 valence electrons. The SMILES string of the molecule is [N-]=[N+]=Nc1ccc(/C=C\S(=O)c2nc3c(=O)[nH]c(N)nc3n2[C@H]2C=C(O)[C@@H](COP(=O)(O)O)O2)cc1. The predicted octanol–water partition coefficient (Wildman–Crippen LogP) is 1.87. The molecular formula is C18H17N8O8PS. The normalized spacial score (nSPS) is 18.9. The first-order valence-corrected chi connectivity index (χ1v) is 12.6. The Morgan fingerprint density at radius 2 is 2.08 bits per heavy atom. The monoisotopic (exact) mass is 536 g/mol. The van der Waals surface area contributed by atoms with Crippen molar-refractivity contribution < 1.29 is 32.9 Å². The number of ether oxygens (including phenoxy) is 1. The molecule has 0 aliphatic carbocycles. The summed E-state index contributed by atoms with van der Waals surface area (Å²) in [6, 6.07) is 6.37. The fourth-order valence-corrected chi connectivity index (χ4v) is 4.51. The Morgan fingerprint density at radius 1 is 1.36 bits per heavy atom. The van der Waals surface area contributed by atoms with Gasteiger partial charge in [-0.3, -0.25) is 18.9 Å². The van der Waals surface area contributed by atoms with E-state index in [1.807, 2.05) is 0 Å². The van der Waals surface area contributed by atoms with Crippen LogP contribution >= 0.6 is 7.82 Å². The molecule has 6 N–H and O–H groups in total. The van der Waals surface area contributed by atoms with Crippen molar-refractivity contribution in [2.75, 3.05) is 12.3 Å². The van der Waals surface area contributed by atoms with Crippen LogP contribution in [0, 0.1) is 0 Å². The second-order valence-corrected chi connectivity index (χ2v) is 9.63. The van der Waals surface area contributed by atoms with E-state index in [4.69, 9.17) is 25.8 Å². The molecule has 0 spiro atoms. The molecule has 16 nitrogen and oxygen atoms in total. The third-order valence-electron chi connectivity index (χ3n) is 4.75. The summed E-state index contributed by atoms with van der Waals surface area (Å²) in [7, 11) is -6.82. The zero-order valence-electron chi connectivity index (χ0n) is 17.9. The third kappa shape index (κ3) is 5.53. The molecule has 1 aliphatic rings. The molecule has 36 heavy (non-hydrogen) atoms. The van der Waals surface area contributed by atoms with E-state index in [1.54, 1.807) is 24.3 Å². The van der Waals surface area contributed by atoms with Crippen molar-refractivity contribution in [2.24, 2.45) is 5.11 Å². The molecule has 3 heterocycles. The summed E-state index contributed by atoms with van der Waals surface area (Å²) in [5.74, 6) is -0.672. The van der Waals surface area contributed by atoms with Crippen LogP contribution in [0.2, 0.25) is 0 Å². The minimum absolute atomic E-state index is 0.0997. The number of hydrogen-bond donors (Lipinski definition) is 5. The first-order chi connectivity index (χ1) is 17.1. The van der Waals surface area contributed by atoms with Crippen LogP contribution in [-0.4, -0.2) is 51.3 Å². The highest BCUT2D eigenvalue weighted by atomic mass is 32.2. The van der Waals surface area contributed by atoms with Crippen molar-refractivity contribution in [3.05, 3.63) is 67.9 Å². The number of nitrogens with two attached hydrogens (primary N) is 1. The lowest BCUT2D eigenvalue weighted by molar-refractivity contribution is -0.0246. The van der Waals surface area contributed by atoms with Gasteiger partial charge in [-0.1, -0.05) is 29.4 Å². The maximum Gasteiger partial charge on any atom is 0.469 e. The van der Waals surface area contributed by atoms with Crippen LogP contribution in [0.3, 0.4) is 0 Å². The van der Waals surface area contributed by atoms with E-state index in [9.17, 15) is 18.7 Å². The summed E-state index contributed by atoms with van der Waals surface area (Å²) in [5, 5.41) is 14.8. The molecule has 1 aromatic carbocycles. The van der Waals surface area contributed by atoms with E-state index in [1.165, 1.54) is 16.1 Å². The topological polar surface area (TPSA) is 252 Å². The maximum absolute atomic E-state index is 13.2. The minimum Gasteiger partial charge on any atom is -0.510 e. The summed E-state index contributed by atoms with van der Waals surface area (Å²) in [5.41, 5.74) is 14.1. The van der Waals surface area contributed by atoms with Gasteiger partial charge in [0.1, 0.15) is 22.7 Å². The minimum atomic E-state index is -4.84. The molecule has 3 aromatic rings. The van der Waals surface area contributed by atoms with Gasteiger partial charge in [0.2, 0.25) is 11.1 Å². The Bertz CT molecular complexity index is 1550. The molecule has 0 amide bonds. The molecule has 0 radical (unpaired) electrons. The quantitative estimate of drug-likeness (QED) is 0.120. The Balaban J connectivity index is 1.70. The third-order valence-corrected chi connectivity index (χ3v) is 6.27. The van der Waals surface area contributed by atoms with Crippen molar-refractivity contribution in [1.82, 2.24) is 19.5 Å². The summed E-state index contributed by atoms with van der Waals surface area (Å²) < 4.78 is 35.4. The number of rotatable bonds is 8. The first kappa shape index (κ1) is 25.3. The van der Waals surface area contributed by atoms with Crippen LogP contribution in [0.4, 0.5) is 11.6 Å². The van der Waals surface area contributed by atoms with Crippen LogP contribution in [0.5, 0.6) is 0 Å². The molecule has 0 fully saturated rings. The first-order valence-electron chi connectivity index (χ1n) is 9.83. The van der Waals surface area contributed by atoms with Crippen LogP contribution < -0.4 is 11.3 Å². The molecule has 3 atom stereocenters. The Kier molecular flexibility index (Phi) is 7.05. The van der Waals surface area contributed by atoms with Crippen molar-refractivity contribution >= 4 is 47.5 Å². The van der Waals surface area contributed by atoms with E-state index in [-0.39, 0.29) is 22.3 Å². The van der Waals surface area contributed by atoms with Crippen LogP contribution in [0.25, 0.3) is 27.7 Å². The average Bonchev–Trinajstić information content (AvgIpc) is 3.37. The Morgan fingerprint density at radius 3 is 2.75 bits per heavy atom. The number of H-pyrrole nitrogens is 1. The van der Waals surface area contributed by atoms with Gasteiger partial charge in [0.25, 0.3) is 5.56 Å². The van der Waals surface area contributed by atoms with Gasteiger partial charge in [-0.05, 0) is 17.2 Å². The van der Waals surface area contributed by atoms with E-state index in [0.717, 1.165) is 6.08 Å². The van der Waals surface area contributed by atoms with Crippen molar-refractivity contribution in [3.63, 3.8) is 0 Å². The molecule has 2 aromatic heterocycles. The van der Waals surface area contributed by atoms with Gasteiger partial charge in [0.15, 0.2) is 17.4 Å². The molecule has 1 unspecified atom stereocenters. The summed E-state index contributed by atoms with van der Waals surface area (Å²) in [6.45, 7) is -0.684. The van der Waals surface area contributed by atoms with Crippen molar-refractivity contribution in [2.45, 2.75) is 17.5 Å². The standard InChI is InChI=1S/C18H17N8O8PS/c19-17-22-15-14(16(28)23-17)21-18(36(32)6-5-9-1-3-10(4-2-9)24-25-20)26(15)13-7-11(27)12(34-13)8-33-35(29,30)31/h1-7,12-13,27H,8H2,(H2,29,30,31)(H3,19,22,23,28)/b6-5-/t12-,13-,36?/m1/s1. The number of imidazole rings is 1. The number of benzene rings is 1. The van der Waals surface area contributed by atoms with Gasteiger partial charge in [-0.15, -0.1) is 0 Å². The van der Waals surface area contributed by atoms with E-state index in [0.29, 0.717) is 11.3 Å². The fraction of sp³-hybridized carbons (Fsp3) is 0.167. The smallest absolute Gasteiger partial charge is 0.469 e. The van der Waals surface area contributed by atoms with Gasteiger partial charge in [-0.25, -0.2) is 13.8 Å². The lowest BCUT2D eigenvalue weighted by atomic mass is 10.2. The van der Waals surface area contributed by atoms with E-state index >= 15 is 0 Å². The maximum atomic E-state index is 13.2. The summed E-state index contributed by atoms with van der Waals surface area (Å²) >= 11 is 0. The predicted molar refractivity (Wildman–Crippen MR) is 126 cm³/mol. The number of aliphatic hydroxyl groups excluding tert-OH is 1. The number of aliphatic hydroxyl groups is 1. The number of nitrogens with one attached hydrogen (secondary N) is 1. The molecule has 0 saturated heterocycles. The largest absolute Gasteiger partial charge is 0.510 e. The Hall–Kier alpha value is -3.82. The molecule has 18 heteroatoms. The number of phosphoric acid groups is 1. The lowest BCUT2D eigenvalue weighted by Gasteiger charge is -2.17. The van der Waals surface area contributed by atoms with Crippen LogP contribution in [0.15, 0.2) is 56.6 Å². The molecule has 1 aliphatic heterocycles. The number of aromatic amines is 1. The van der Waals surface area contributed by atoms with Gasteiger partial charge in [-0.2, -0.15) is 4.98 Å². The van der Waals surface area contributed by atoms with E-state index in [2.05, 4.69) is 29.5 Å². The zero-order chi connectivity index (χ0) is 26.0.